The zero-order chi connectivity index (χ0) is 14.1. The van der Waals surface area contributed by atoms with Crippen LogP contribution in [-0.4, -0.2) is 25.6 Å². The van der Waals surface area contributed by atoms with Crippen molar-refractivity contribution < 1.29 is 14.8 Å². The molecule has 0 aliphatic rings. The minimum absolute atomic E-state index is 0.282. The standard InChI is InChI=1S/C9H10O2.C6H15N/c1-6-4-3-5-8(7(6)2)9(10)11;1-4-7(5-2)6-3/h3-5H,1-2H3,(H,10,11);4-6H2,1-3H3. The summed E-state index contributed by atoms with van der Waals surface area (Å²) in [5, 5.41) is 10.5. The Morgan fingerprint density at radius 2 is 1.61 bits per heavy atom. The lowest BCUT2D eigenvalue weighted by Gasteiger charge is -2.10. The molecule has 0 aliphatic heterocycles. The summed E-state index contributed by atoms with van der Waals surface area (Å²) < 4.78 is 0. The zero-order valence-corrected chi connectivity index (χ0v) is 12.2. The first-order valence-electron chi connectivity index (χ1n) is 6.58. The SMILES string of the molecule is CC[NH+](CC)CC.Cc1cccc(C(=O)[O-])c1C. The van der Waals surface area contributed by atoms with Crippen LogP contribution in [0.4, 0.5) is 0 Å². The first kappa shape index (κ1) is 16.6. The van der Waals surface area contributed by atoms with Crippen LogP contribution in [0.3, 0.4) is 0 Å². The maximum Gasteiger partial charge on any atom is 0.0742 e. The number of hydrogen-bond acceptors (Lipinski definition) is 2. The molecule has 0 saturated carbocycles. The van der Waals surface area contributed by atoms with Crippen molar-refractivity contribution in [2.45, 2.75) is 34.6 Å². The molecule has 1 rings (SSSR count). The van der Waals surface area contributed by atoms with Crippen LogP contribution in [0.15, 0.2) is 18.2 Å². The van der Waals surface area contributed by atoms with Gasteiger partial charge in [-0.15, -0.1) is 0 Å². The molecule has 0 aromatic heterocycles. The fourth-order valence-electron chi connectivity index (χ4n) is 1.72. The van der Waals surface area contributed by atoms with Gasteiger partial charge in [-0.25, -0.2) is 0 Å². The number of quaternary nitrogens is 1. The Hall–Kier alpha value is -1.35. The molecule has 0 fully saturated rings. The summed E-state index contributed by atoms with van der Waals surface area (Å²) in [6, 6.07) is 5.15. The highest BCUT2D eigenvalue weighted by Crippen LogP contribution is 2.10. The van der Waals surface area contributed by atoms with Crippen molar-refractivity contribution in [3.63, 3.8) is 0 Å². The summed E-state index contributed by atoms with van der Waals surface area (Å²) in [5.74, 6) is -1.11. The van der Waals surface area contributed by atoms with Gasteiger partial charge in [0.1, 0.15) is 0 Å². The normalized spacial score (nSPS) is 9.89. The molecule has 3 nitrogen and oxygen atoms in total. The summed E-state index contributed by atoms with van der Waals surface area (Å²) >= 11 is 0. The number of hydrogen-bond donors (Lipinski definition) is 1. The topological polar surface area (TPSA) is 44.6 Å². The molecule has 0 amide bonds. The van der Waals surface area contributed by atoms with E-state index in [9.17, 15) is 9.90 Å². The molecule has 0 atom stereocenters. The van der Waals surface area contributed by atoms with Gasteiger partial charge in [0, 0.05) is 5.56 Å². The fourth-order valence-corrected chi connectivity index (χ4v) is 1.72. The second kappa shape index (κ2) is 8.70. The number of aromatic carboxylic acids is 1. The van der Waals surface area contributed by atoms with Gasteiger partial charge in [0.05, 0.1) is 25.6 Å². The molecule has 18 heavy (non-hydrogen) atoms. The van der Waals surface area contributed by atoms with Crippen molar-refractivity contribution in [3.05, 3.63) is 34.9 Å². The minimum atomic E-state index is -1.11. The van der Waals surface area contributed by atoms with E-state index in [-0.39, 0.29) is 5.56 Å². The molecule has 0 saturated heterocycles. The van der Waals surface area contributed by atoms with Crippen LogP contribution in [0.1, 0.15) is 42.3 Å². The number of carbonyl (C=O) groups is 1. The molecular weight excluding hydrogens is 226 g/mol. The second-order valence-electron chi connectivity index (χ2n) is 4.35. The van der Waals surface area contributed by atoms with Gasteiger partial charge in [-0.2, -0.15) is 0 Å². The molecule has 0 unspecified atom stereocenters. The molecule has 3 heteroatoms. The van der Waals surface area contributed by atoms with Crippen LogP contribution in [0.5, 0.6) is 0 Å². The van der Waals surface area contributed by atoms with E-state index >= 15 is 0 Å². The van der Waals surface area contributed by atoms with Crippen LogP contribution >= 0.6 is 0 Å². The Morgan fingerprint density at radius 1 is 1.11 bits per heavy atom. The predicted molar refractivity (Wildman–Crippen MR) is 72.8 cm³/mol. The molecule has 1 aromatic rings. The largest absolute Gasteiger partial charge is 0.545 e. The number of aryl methyl sites for hydroxylation is 1. The Bertz CT molecular complexity index is 365. The Balaban J connectivity index is 0.000000360. The van der Waals surface area contributed by atoms with Crippen molar-refractivity contribution >= 4 is 5.97 Å². The van der Waals surface area contributed by atoms with Gasteiger partial charge < -0.3 is 14.8 Å². The number of carbonyl (C=O) groups excluding carboxylic acids is 1. The highest BCUT2D eigenvalue weighted by Gasteiger charge is 1.99. The van der Waals surface area contributed by atoms with Crippen molar-refractivity contribution in [2.75, 3.05) is 19.6 Å². The van der Waals surface area contributed by atoms with Crippen molar-refractivity contribution in [1.29, 1.82) is 0 Å². The van der Waals surface area contributed by atoms with E-state index in [1.165, 1.54) is 19.6 Å². The van der Waals surface area contributed by atoms with E-state index in [1.807, 2.05) is 13.0 Å². The van der Waals surface area contributed by atoms with Crippen molar-refractivity contribution in [2.24, 2.45) is 0 Å². The first-order valence-corrected chi connectivity index (χ1v) is 6.58. The van der Waals surface area contributed by atoms with Gasteiger partial charge in [0.15, 0.2) is 0 Å². The van der Waals surface area contributed by atoms with Gasteiger partial charge in [0.2, 0.25) is 0 Å². The van der Waals surface area contributed by atoms with Crippen LogP contribution < -0.4 is 10.0 Å². The molecule has 1 aromatic carbocycles. The van der Waals surface area contributed by atoms with E-state index in [0.717, 1.165) is 11.1 Å². The molecular formula is C15H25NO2. The van der Waals surface area contributed by atoms with Gasteiger partial charge in [-0.1, -0.05) is 18.2 Å². The number of carboxylic acids is 1. The van der Waals surface area contributed by atoms with Crippen LogP contribution in [0.2, 0.25) is 0 Å². The highest BCUT2D eigenvalue weighted by molar-refractivity contribution is 5.87. The molecule has 0 spiro atoms. The highest BCUT2D eigenvalue weighted by atomic mass is 16.4. The molecule has 0 heterocycles. The maximum atomic E-state index is 10.5. The predicted octanol–water partition coefficient (Wildman–Crippen LogP) is 0.598. The summed E-state index contributed by atoms with van der Waals surface area (Å²) in [6.07, 6.45) is 0. The van der Waals surface area contributed by atoms with E-state index in [2.05, 4.69) is 20.8 Å². The molecule has 0 bridgehead atoms. The third-order valence-electron chi connectivity index (χ3n) is 3.32. The molecule has 0 radical (unpaired) electrons. The lowest BCUT2D eigenvalue weighted by molar-refractivity contribution is -0.894. The van der Waals surface area contributed by atoms with E-state index in [4.69, 9.17) is 0 Å². The summed E-state index contributed by atoms with van der Waals surface area (Å²) in [6.45, 7) is 14.1. The van der Waals surface area contributed by atoms with Crippen LogP contribution in [0, 0.1) is 13.8 Å². The minimum Gasteiger partial charge on any atom is -0.545 e. The number of carboxylic acid groups (broad SMARTS) is 1. The molecule has 0 aliphatic carbocycles. The van der Waals surface area contributed by atoms with Gasteiger partial charge in [-0.3, -0.25) is 0 Å². The fraction of sp³-hybridized carbons (Fsp3) is 0.533. The Kier molecular flexibility index (Phi) is 8.05. The van der Waals surface area contributed by atoms with Crippen LogP contribution in [0.25, 0.3) is 0 Å². The van der Waals surface area contributed by atoms with Gasteiger partial charge in [0.25, 0.3) is 0 Å². The van der Waals surface area contributed by atoms with Gasteiger partial charge >= 0.3 is 0 Å². The average Bonchev–Trinajstić information content (AvgIpc) is 2.35. The Labute approximate surface area is 110 Å². The van der Waals surface area contributed by atoms with Crippen molar-refractivity contribution in [1.82, 2.24) is 0 Å². The lowest BCUT2D eigenvalue weighted by atomic mass is 10.0. The zero-order valence-electron chi connectivity index (χ0n) is 12.2. The Morgan fingerprint density at radius 3 is 1.89 bits per heavy atom. The van der Waals surface area contributed by atoms with E-state index in [1.54, 1.807) is 24.0 Å². The quantitative estimate of drug-likeness (QED) is 0.851. The van der Waals surface area contributed by atoms with Gasteiger partial charge in [-0.05, 0) is 45.7 Å². The molecule has 102 valence electrons. The van der Waals surface area contributed by atoms with E-state index in [0.29, 0.717) is 0 Å². The smallest absolute Gasteiger partial charge is 0.0742 e. The average molecular weight is 251 g/mol. The number of benzene rings is 1. The number of nitrogens with one attached hydrogen (secondary N) is 1. The second-order valence-corrected chi connectivity index (χ2v) is 4.35. The third kappa shape index (κ3) is 5.32. The first-order chi connectivity index (χ1) is 8.47. The lowest BCUT2D eigenvalue weighted by Crippen LogP contribution is -3.11. The monoisotopic (exact) mass is 251 g/mol. The summed E-state index contributed by atoms with van der Waals surface area (Å²) in [5.41, 5.74) is 2.05. The molecule has 1 N–H and O–H groups in total. The summed E-state index contributed by atoms with van der Waals surface area (Å²) in [7, 11) is 0. The van der Waals surface area contributed by atoms with E-state index < -0.39 is 5.97 Å². The maximum absolute atomic E-state index is 10.5. The van der Waals surface area contributed by atoms with Crippen LogP contribution in [-0.2, 0) is 0 Å². The number of rotatable bonds is 4. The summed E-state index contributed by atoms with van der Waals surface area (Å²) in [4.78, 5) is 12.1. The third-order valence-corrected chi connectivity index (χ3v) is 3.32. The van der Waals surface area contributed by atoms with Crippen molar-refractivity contribution in [3.8, 4) is 0 Å².